The number of anilines is 1. The van der Waals surface area contributed by atoms with Gasteiger partial charge in [0, 0.05) is 62.7 Å². The first-order valence-electron chi connectivity index (χ1n) is 12.5. The molecule has 9 heteroatoms. The fourth-order valence-corrected chi connectivity index (χ4v) is 4.85. The number of aromatic nitrogens is 4. The number of amides is 1. The fourth-order valence-electron chi connectivity index (χ4n) is 4.85. The second kappa shape index (κ2) is 10.7. The lowest BCUT2D eigenvalue weighted by Gasteiger charge is -2.29. The number of allylic oxidation sites excluding steroid dienone is 2. The molecule has 0 aromatic carbocycles. The van der Waals surface area contributed by atoms with Crippen molar-refractivity contribution in [3.8, 4) is 0 Å². The van der Waals surface area contributed by atoms with E-state index < -0.39 is 0 Å². The van der Waals surface area contributed by atoms with E-state index in [1.807, 2.05) is 43.5 Å². The van der Waals surface area contributed by atoms with Crippen LogP contribution in [0.4, 0.5) is 5.69 Å². The van der Waals surface area contributed by atoms with E-state index in [4.69, 9.17) is 0 Å². The Hall–Kier alpha value is -3.40. The van der Waals surface area contributed by atoms with E-state index in [0.29, 0.717) is 24.2 Å². The molecule has 1 fully saturated rings. The van der Waals surface area contributed by atoms with Gasteiger partial charge in [-0.05, 0) is 61.8 Å². The van der Waals surface area contributed by atoms with Crippen molar-refractivity contribution >= 4 is 17.2 Å². The summed E-state index contributed by atoms with van der Waals surface area (Å²) in [6.07, 6.45) is 10.5. The molecule has 0 bridgehead atoms. The summed E-state index contributed by atoms with van der Waals surface area (Å²) in [5, 5.41) is 20.1. The van der Waals surface area contributed by atoms with Gasteiger partial charge in [0.25, 0.3) is 5.91 Å². The van der Waals surface area contributed by atoms with Crippen molar-refractivity contribution in [3.63, 3.8) is 0 Å². The first-order chi connectivity index (χ1) is 17.4. The standard InChI is InChI=1S/C27H33N7O2/c1-33(2)17-22-5-4-21(15-29-22)30-27(36)26-24-12-19(3-6-25(24)31-32-26)20-11-18(13-28-14-20)16-34-9-7-23(35)8-10-34/h3-5,11,13-15,23,35H,6-10,12,16-17H2,1-2H3,(H,30,36)(H,31,32). The molecule has 0 radical (unpaired) electrons. The van der Waals surface area contributed by atoms with Crippen molar-refractivity contribution in [1.29, 1.82) is 0 Å². The van der Waals surface area contributed by atoms with Crippen LogP contribution in [0.15, 0.2) is 42.9 Å². The number of fused-ring (bicyclic) bond motifs is 1. The zero-order valence-electron chi connectivity index (χ0n) is 20.9. The summed E-state index contributed by atoms with van der Waals surface area (Å²) in [6, 6.07) is 5.98. The molecular formula is C27H33N7O2. The van der Waals surface area contributed by atoms with Gasteiger partial charge in [-0.1, -0.05) is 6.08 Å². The molecule has 9 nitrogen and oxygen atoms in total. The second-order valence-electron chi connectivity index (χ2n) is 9.96. The predicted molar refractivity (Wildman–Crippen MR) is 138 cm³/mol. The minimum absolute atomic E-state index is 0.174. The number of hydrogen-bond acceptors (Lipinski definition) is 7. The topological polar surface area (TPSA) is 110 Å². The van der Waals surface area contributed by atoms with Crippen LogP contribution >= 0.6 is 0 Å². The minimum Gasteiger partial charge on any atom is -0.393 e. The van der Waals surface area contributed by atoms with Crippen molar-refractivity contribution in [2.45, 2.75) is 44.9 Å². The number of aromatic amines is 1. The van der Waals surface area contributed by atoms with Gasteiger partial charge < -0.3 is 15.3 Å². The van der Waals surface area contributed by atoms with Gasteiger partial charge in [-0.15, -0.1) is 0 Å². The molecule has 5 rings (SSSR count). The number of piperidine rings is 1. The number of likely N-dealkylation sites (tertiary alicyclic amines) is 1. The van der Waals surface area contributed by atoms with Crippen LogP contribution < -0.4 is 5.32 Å². The van der Waals surface area contributed by atoms with Crippen LogP contribution in [0.5, 0.6) is 0 Å². The number of nitrogens with one attached hydrogen (secondary N) is 2. The lowest BCUT2D eigenvalue weighted by molar-refractivity contribution is 0.0792. The lowest BCUT2D eigenvalue weighted by atomic mass is 9.90. The Morgan fingerprint density at radius 1 is 1.22 bits per heavy atom. The summed E-state index contributed by atoms with van der Waals surface area (Å²) in [4.78, 5) is 26.4. The van der Waals surface area contributed by atoms with E-state index in [9.17, 15) is 9.90 Å². The molecule has 3 N–H and O–H groups in total. The van der Waals surface area contributed by atoms with Crippen molar-refractivity contribution in [2.75, 3.05) is 32.5 Å². The highest BCUT2D eigenvalue weighted by atomic mass is 16.3. The number of aliphatic hydroxyl groups is 1. The Morgan fingerprint density at radius 2 is 2.06 bits per heavy atom. The Morgan fingerprint density at radius 3 is 2.81 bits per heavy atom. The van der Waals surface area contributed by atoms with Gasteiger partial charge in [0.05, 0.1) is 23.7 Å². The molecular weight excluding hydrogens is 454 g/mol. The van der Waals surface area contributed by atoms with Crippen molar-refractivity contribution < 1.29 is 9.90 Å². The smallest absolute Gasteiger partial charge is 0.276 e. The highest BCUT2D eigenvalue weighted by molar-refractivity contribution is 6.04. The summed E-state index contributed by atoms with van der Waals surface area (Å²) >= 11 is 0. The molecule has 1 aliphatic heterocycles. The average molecular weight is 488 g/mol. The maximum atomic E-state index is 13.1. The molecule has 3 aromatic heterocycles. The van der Waals surface area contributed by atoms with Crippen LogP contribution in [0.3, 0.4) is 0 Å². The van der Waals surface area contributed by atoms with Crippen LogP contribution in [-0.2, 0) is 25.9 Å². The molecule has 1 saturated heterocycles. The number of H-pyrrole nitrogens is 1. The molecule has 1 aliphatic carbocycles. The number of nitrogens with zero attached hydrogens (tertiary/aromatic N) is 5. The minimum atomic E-state index is -0.241. The molecule has 188 valence electrons. The Kier molecular flexibility index (Phi) is 7.22. The molecule has 0 atom stereocenters. The number of aliphatic hydroxyl groups excluding tert-OH is 1. The highest BCUT2D eigenvalue weighted by Gasteiger charge is 2.24. The van der Waals surface area contributed by atoms with Crippen molar-refractivity contribution in [2.24, 2.45) is 0 Å². The van der Waals surface area contributed by atoms with Crippen molar-refractivity contribution in [1.82, 2.24) is 30.0 Å². The quantitative estimate of drug-likeness (QED) is 0.470. The molecule has 0 unspecified atom stereocenters. The number of pyridine rings is 2. The fraction of sp³-hybridized carbons (Fsp3) is 0.407. The van der Waals surface area contributed by atoms with Gasteiger partial charge in [-0.2, -0.15) is 5.10 Å². The normalized spacial score (nSPS) is 16.6. The van der Waals surface area contributed by atoms with E-state index in [0.717, 1.165) is 72.7 Å². The Balaban J connectivity index is 1.26. The van der Waals surface area contributed by atoms with E-state index in [2.05, 4.69) is 42.5 Å². The third-order valence-electron chi connectivity index (χ3n) is 6.78. The molecule has 1 amide bonds. The van der Waals surface area contributed by atoms with E-state index >= 15 is 0 Å². The molecule has 0 saturated carbocycles. The summed E-state index contributed by atoms with van der Waals surface area (Å²) in [7, 11) is 3.99. The van der Waals surface area contributed by atoms with Crippen LogP contribution in [-0.4, -0.2) is 74.3 Å². The third-order valence-corrected chi connectivity index (χ3v) is 6.78. The van der Waals surface area contributed by atoms with E-state index in [1.54, 1.807) is 6.20 Å². The van der Waals surface area contributed by atoms with Gasteiger partial charge in [0.15, 0.2) is 5.69 Å². The monoisotopic (exact) mass is 487 g/mol. The van der Waals surface area contributed by atoms with Gasteiger partial charge in [-0.25, -0.2) is 0 Å². The third kappa shape index (κ3) is 5.70. The summed E-state index contributed by atoms with van der Waals surface area (Å²) in [6.45, 7) is 3.37. The van der Waals surface area contributed by atoms with Gasteiger partial charge in [0.2, 0.25) is 0 Å². The summed E-state index contributed by atoms with van der Waals surface area (Å²) in [5.41, 5.74) is 7.29. The van der Waals surface area contributed by atoms with Crippen molar-refractivity contribution in [3.05, 3.63) is 76.6 Å². The Bertz CT molecular complexity index is 1240. The highest BCUT2D eigenvalue weighted by Crippen LogP contribution is 2.29. The molecule has 2 aliphatic rings. The average Bonchev–Trinajstić information content (AvgIpc) is 3.30. The number of carbonyl (C=O) groups is 1. The van der Waals surface area contributed by atoms with Crippen LogP contribution in [0.2, 0.25) is 0 Å². The first-order valence-corrected chi connectivity index (χ1v) is 12.5. The molecule has 4 heterocycles. The zero-order valence-corrected chi connectivity index (χ0v) is 20.9. The maximum Gasteiger partial charge on any atom is 0.276 e. The predicted octanol–water partition coefficient (Wildman–Crippen LogP) is 2.65. The first kappa shape index (κ1) is 24.3. The van der Waals surface area contributed by atoms with Crippen LogP contribution in [0.1, 0.15) is 51.4 Å². The summed E-state index contributed by atoms with van der Waals surface area (Å²) < 4.78 is 0. The Labute approximate surface area is 211 Å². The summed E-state index contributed by atoms with van der Waals surface area (Å²) in [5.74, 6) is -0.241. The van der Waals surface area contributed by atoms with E-state index in [1.165, 1.54) is 0 Å². The maximum absolute atomic E-state index is 13.1. The van der Waals surface area contributed by atoms with Gasteiger partial charge in [-0.3, -0.25) is 24.8 Å². The number of rotatable bonds is 7. The number of carbonyl (C=O) groups excluding carboxylic acids is 1. The van der Waals surface area contributed by atoms with Crippen LogP contribution in [0.25, 0.3) is 5.57 Å². The van der Waals surface area contributed by atoms with Gasteiger partial charge >= 0.3 is 0 Å². The van der Waals surface area contributed by atoms with Gasteiger partial charge in [0.1, 0.15) is 0 Å². The molecule has 3 aromatic rings. The van der Waals surface area contributed by atoms with E-state index in [-0.39, 0.29) is 12.0 Å². The SMILES string of the molecule is CN(C)Cc1ccc(NC(=O)c2n[nH]c3c2CC(c2cncc(CN4CCC(O)CC4)c2)=CC3)cn1. The van der Waals surface area contributed by atoms with Crippen LogP contribution in [0, 0.1) is 0 Å². The lowest BCUT2D eigenvalue weighted by Crippen LogP contribution is -2.35. The number of hydrogen-bond donors (Lipinski definition) is 3. The zero-order chi connectivity index (χ0) is 25.1. The largest absolute Gasteiger partial charge is 0.393 e. The second-order valence-corrected chi connectivity index (χ2v) is 9.96. The molecule has 0 spiro atoms. The molecule has 36 heavy (non-hydrogen) atoms.